The van der Waals surface area contributed by atoms with Crippen LogP contribution in [0.2, 0.25) is 0 Å². The van der Waals surface area contributed by atoms with Crippen LogP contribution in [0.4, 0.5) is 0 Å². The number of nitrogens with zero attached hydrogens (tertiary/aromatic N) is 2. The second-order valence-electron chi connectivity index (χ2n) is 12.8. The summed E-state index contributed by atoms with van der Waals surface area (Å²) in [7, 11) is -3.85. The fourth-order valence-electron chi connectivity index (χ4n) is 6.23. The topological polar surface area (TPSA) is 172 Å². The number of carbonyl (C=O) groups is 3. The van der Waals surface area contributed by atoms with Gasteiger partial charge in [0.05, 0.1) is 10.4 Å². The van der Waals surface area contributed by atoms with Gasteiger partial charge in [-0.3, -0.25) is 14.4 Å². The number of aromatic nitrogens is 1. The van der Waals surface area contributed by atoms with Crippen molar-refractivity contribution in [2.75, 3.05) is 13.1 Å². The van der Waals surface area contributed by atoms with Crippen LogP contribution < -0.4 is 16.2 Å². The first-order valence-electron chi connectivity index (χ1n) is 15.3. The smallest absolute Gasteiger partial charge is 0.254 e. The molecule has 0 aliphatic carbocycles. The van der Waals surface area contributed by atoms with Crippen LogP contribution in [0.25, 0.3) is 10.9 Å². The number of hydrogen-bond acceptors (Lipinski definition) is 6. The van der Waals surface area contributed by atoms with Crippen LogP contribution >= 0.6 is 12.4 Å². The third kappa shape index (κ3) is 7.20. The van der Waals surface area contributed by atoms with E-state index < -0.39 is 27.5 Å². The minimum atomic E-state index is -3.85. The summed E-state index contributed by atoms with van der Waals surface area (Å²) in [5.74, 6) is -0.745. The highest BCUT2D eigenvalue weighted by molar-refractivity contribution is 7.89. The Morgan fingerprint density at radius 2 is 1.60 bits per heavy atom. The van der Waals surface area contributed by atoms with Gasteiger partial charge < -0.3 is 25.8 Å². The van der Waals surface area contributed by atoms with Gasteiger partial charge in [0.15, 0.2) is 0 Å². The molecule has 0 bridgehead atoms. The summed E-state index contributed by atoms with van der Waals surface area (Å²) >= 11 is 0. The maximum absolute atomic E-state index is 14.0. The molecule has 1 atom stereocenters. The highest BCUT2D eigenvalue weighted by Gasteiger charge is 2.33. The molecular formula is C34H39ClN6O5S. The maximum Gasteiger partial charge on any atom is 0.254 e. The monoisotopic (exact) mass is 678 g/mol. The molecule has 0 spiro atoms. The Hall–Kier alpha value is -4.23. The number of para-hydroxylation sites is 1. The summed E-state index contributed by atoms with van der Waals surface area (Å²) in [6, 6.07) is 17.4. The first-order valence-corrected chi connectivity index (χ1v) is 16.8. The molecule has 4 aromatic rings. The van der Waals surface area contributed by atoms with Crippen molar-refractivity contribution in [2.45, 2.75) is 62.7 Å². The molecule has 0 radical (unpaired) electrons. The molecule has 2 aliphatic heterocycles. The van der Waals surface area contributed by atoms with E-state index in [2.05, 4.69) is 10.3 Å². The first-order chi connectivity index (χ1) is 21.8. The second kappa shape index (κ2) is 13.1. The van der Waals surface area contributed by atoms with Gasteiger partial charge in [0.1, 0.15) is 6.04 Å². The van der Waals surface area contributed by atoms with Crippen molar-refractivity contribution < 1.29 is 22.8 Å². The highest BCUT2D eigenvalue weighted by Crippen LogP contribution is 2.27. The lowest BCUT2D eigenvalue weighted by Gasteiger charge is -2.33. The molecule has 6 rings (SSSR count). The van der Waals surface area contributed by atoms with E-state index in [4.69, 9.17) is 10.9 Å². The number of amides is 3. The minimum Gasteiger partial charge on any atom is -0.361 e. The van der Waals surface area contributed by atoms with Crippen molar-refractivity contribution in [3.05, 3.63) is 100 Å². The van der Waals surface area contributed by atoms with Crippen LogP contribution in [0.3, 0.4) is 0 Å². The van der Waals surface area contributed by atoms with Crippen LogP contribution in [0, 0.1) is 0 Å². The van der Waals surface area contributed by atoms with Gasteiger partial charge in [0.25, 0.3) is 5.91 Å². The molecule has 11 nitrogen and oxygen atoms in total. The summed E-state index contributed by atoms with van der Waals surface area (Å²) in [6.07, 6.45) is 3.35. The van der Waals surface area contributed by atoms with Gasteiger partial charge in [-0.1, -0.05) is 30.3 Å². The lowest BCUT2D eigenvalue weighted by atomic mass is 9.94. The molecule has 0 saturated heterocycles. The first kappa shape index (κ1) is 34.1. The molecule has 248 valence electrons. The van der Waals surface area contributed by atoms with Gasteiger partial charge in [-0.2, -0.15) is 0 Å². The second-order valence-corrected chi connectivity index (χ2v) is 14.3. The van der Waals surface area contributed by atoms with Gasteiger partial charge >= 0.3 is 0 Å². The molecule has 0 fully saturated rings. The number of fused-ring (bicyclic) bond motifs is 3. The van der Waals surface area contributed by atoms with Crippen LogP contribution in [0.1, 0.15) is 52.0 Å². The molecule has 3 aromatic carbocycles. The molecule has 1 unspecified atom stereocenters. The minimum absolute atomic E-state index is 0. The zero-order valence-electron chi connectivity index (χ0n) is 26.3. The third-order valence-electron chi connectivity index (χ3n) is 8.87. The molecule has 1 aromatic heterocycles. The molecule has 13 heteroatoms. The van der Waals surface area contributed by atoms with Crippen molar-refractivity contribution >= 4 is 51.1 Å². The molecule has 0 saturated carbocycles. The fraction of sp³-hybridized carbons (Fsp3) is 0.324. The van der Waals surface area contributed by atoms with Gasteiger partial charge in [-0.15, -0.1) is 12.4 Å². The number of halogens is 1. The molecule has 3 amide bonds. The number of hydrogen-bond donors (Lipinski definition) is 4. The average molecular weight is 679 g/mol. The predicted molar refractivity (Wildman–Crippen MR) is 181 cm³/mol. The van der Waals surface area contributed by atoms with Crippen molar-refractivity contribution in [3.8, 4) is 0 Å². The Labute approximate surface area is 280 Å². The predicted octanol–water partition coefficient (Wildman–Crippen LogP) is 2.79. The standard InChI is InChI=1S/C34H38N6O5S.ClH/c1-34(2,35)33(43)38-30(17-25-18-37-29-6-4-3-5-28(25)29)32(42)40-14-12-22-15-23(7-8-24(22)19-40)31(41)39-13-11-21-9-10-27(46(36,44)45)16-26(21)20-39;/h3-10,15-16,18,30,37H,11-14,17,19-20,35H2,1-2H3,(H,38,43)(H2,36,44,45);1H. The van der Waals surface area contributed by atoms with Gasteiger partial charge in [-0.05, 0) is 84.8 Å². The SMILES string of the molecule is CC(C)(N)C(=O)NC(Cc1c[nH]c2ccccc12)C(=O)N1CCc2cc(C(=O)N3CCc4ccc(S(N)(=O)=O)cc4C3)ccc2C1.Cl. The Balaban J connectivity index is 0.00000433. The van der Waals surface area contributed by atoms with Crippen LogP contribution in [0.5, 0.6) is 0 Å². The van der Waals surface area contributed by atoms with Crippen molar-refractivity contribution in [1.29, 1.82) is 0 Å². The van der Waals surface area contributed by atoms with Gasteiger partial charge in [0, 0.05) is 55.3 Å². The van der Waals surface area contributed by atoms with Gasteiger partial charge in [0.2, 0.25) is 21.8 Å². The Morgan fingerprint density at radius 3 is 2.34 bits per heavy atom. The summed E-state index contributed by atoms with van der Waals surface area (Å²) in [6.45, 7) is 4.81. The Morgan fingerprint density at radius 1 is 0.915 bits per heavy atom. The Kier molecular flexibility index (Phi) is 9.52. The third-order valence-corrected chi connectivity index (χ3v) is 9.78. The quantitative estimate of drug-likeness (QED) is 0.234. The van der Waals surface area contributed by atoms with E-state index in [9.17, 15) is 22.8 Å². The lowest BCUT2D eigenvalue weighted by Crippen LogP contribution is -2.57. The number of nitrogens with one attached hydrogen (secondary N) is 2. The number of benzene rings is 3. The van der Waals surface area contributed by atoms with E-state index >= 15 is 0 Å². The molecule has 3 heterocycles. The number of carbonyl (C=O) groups excluding carboxylic acids is 3. The highest BCUT2D eigenvalue weighted by atomic mass is 35.5. The molecular weight excluding hydrogens is 640 g/mol. The number of H-pyrrole nitrogens is 1. The van der Waals surface area contributed by atoms with Crippen LogP contribution in [-0.4, -0.2) is 65.6 Å². The zero-order valence-corrected chi connectivity index (χ0v) is 27.9. The van der Waals surface area contributed by atoms with E-state index in [0.717, 1.165) is 38.7 Å². The maximum atomic E-state index is 14.0. The molecule has 2 aliphatic rings. The Bertz CT molecular complexity index is 1970. The summed E-state index contributed by atoms with van der Waals surface area (Å²) in [4.78, 5) is 47.1. The van der Waals surface area contributed by atoms with Crippen molar-refractivity contribution in [3.63, 3.8) is 0 Å². The van der Waals surface area contributed by atoms with Crippen molar-refractivity contribution in [1.82, 2.24) is 20.1 Å². The zero-order chi connectivity index (χ0) is 32.8. The van der Waals surface area contributed by atoms with Crippen LogP contribution in [0.15, 0.2) is 71.8 Å². The fourth-order valence-corrected chi connectivity index (χ4v) is 6.79. The molecule has 6 N–H and O–H groups in total. The van der Waals surface area contributed by atoms with E-state index in [1.54, 1.807) is 41.8 Å². The van der Waals surface area contributed by atoms with Gasteiger partial charge in [-0.25, -0.2) is 13.6 Å². The number of sulfonamides is 1. The van der Waals surface area contributed by atoms with Crippen molar-refractivity contribution in [2.24, 2.45) is 10.9 Å². The normalized spacial score (nSPS) is 15.3. The largest absolute Gasteiger partial charge is 0.361 e. The van der Waals surface area contributed by atoms with E-state index in [0.29, 0.717) is 51.0 Å². The number of rotatable bonds is 7. The summed E-state index contributed by atoms with van der Waals surface area (Å²) in [5, 5.41) is 9.21. The number of primary sulfonamides is 1. The van der Waals surface area contributed by atoms with E-state index in [1.165, 1.54) is 6.07 Å². The number of nitrogens with two attached hydrogens (primary N) is 2. The number of aromatic amines is 1. The molecule has 47 heavy (non-hydrogen) atoms. The average Bonchev–Trinajstić information content (AvgIpc) is 3.44. The van der Waals surface area contributed by atoms with E-state index in [-0.39, 0.29) is 29.1 Å². The van der Waals surface area contributed by atoms with E-state index in [1.807, 2.05) is 42.6 Å². The van der Waals surface area contributed by atoms with Crippen LogP contribution in [-0.2, 0) is 52.0 Å². The lowest BCUT2D eigenvalue weighted by molar-refractivity contribution is -0.138. The summed E-state index contributed by atoms with van der Waals surface area (Å²) < 4.78 is 23.7. The summed E-state index contributed by atoms with van der Waals surface area (Å²) in [5.41, 5.74) is 11.0.